The van der Waals surface area contributed by atoms with Crippen LogP contribution in [0.1, 0.15) is 10.4 Å². The second-order valence-electron chi connectivity index (χ2n) is 6.22. The van der Waals surface area contributed by atoms with Crippen molar-refractivity contribution in [3.8, 4) is 11.1 Å². The third-order valence-electron chi connectivity index (χ3n) is 4.11. The predicted molar refractivity (Wildman–Crippen MR) is 114 cm³/mol. The molecule has 0 bridgehead atoms. The predicted octanol–water partition coefficient (Wildman–Crippen LogP) is 3.45. The lowest BCUT2D eigenvalue weighted by atomic mass is 10.0. The molecule has 3 N–H and O–H groups in total. The summed E-state index contributed by atoms with van der Waals surface area (Å²) in [5.74, 6) is -1.51. The summed E-state index contributed by atoms with van der Waals surface area (Å²) in [5.41, 5.74) is 2.07. The number of carbonyl (C=O) groups is 2. The first-order valence-electron chi connectivity index (χ1n) is 8.69. The highest BCUT2D eigenvalue weighted by atomic mass is 35.5. The topological polar surface area (TPSA) is 116 Å². The van der Waals surface area contributed by atoms with Crippen LogP contribution in [-0.2, 0) is 19.6 Å². The highest BCUT2D eigenvalue weighted by Gasteiger charge is 2.18. The van der Waals surface area contributed by atoms with Gasteiger partial charge >= 0.3 is 5.97 Å². The van der Waals surface area contributed by atoms with Crippen LogP contribution >= 0.6 is 11.6 Å². The summed E-state index contributed by atoms with van der Waals surface area (Å²) in [4.78, 5) is 24.3. The molecule has 0 saturated carbocycles. The SMILES string of the molecule is NS(=O)(=O)c1ccc(Cl)c(C(=O)OCC(=O)Nc2ccccc2-c2ccccc2)c1. The maximum Gasteiger partial charge on any atom is 0.340 e. The molecule has 9 heteroatoms. The third-order valence-corrected chi connectivity index (χ3v) is 5.35. The molecule has 0 aliphatic heterocycles. The normalized spacial score (nSPS) is 11.0. The second-order valence-corrected chi connectivity index (χ2v) is 8.19. The minimum atomic E-state index is -4.02. The van der Waals surface area contributed by atoms with E-state index in [-0.39, 0.29) is 15.5 Å². The van der Waals surface area contributed by atoms with Crippen molar-refractivity contribution < 1.29 is 22.7 Å². The van der Waals surface area contributed by atoms with Gasteiger partial charge in [-0.3, -0.25) is 4.79 Å². The number of halogens is 1. The molecular formula is C21H17ClN2O5S. The molecule has 30 heavy (non-hydrogen) atoms. The monoisotopic (exact) mass is 444 g/mol. The molecule has 7 nitrogen and oxygen atoms in total. The highest BCUT2D eigenvalue weighted by molar-refractivity contribution is 7.89. The molecule has 3 aromatic rings. The number of esters is 1. The standard InChI is InChI=1S/C21H17ClN2O5S/c22-18-11-10-15(30(23,27)28)12-17(18)21(26)29-13-20(25)24-19-9-5-4-8-16(19)14-6-2-1-3-7-14/h1-12H,13H2,(H,24,25)(H2,23,27,28). The zero-order valence-corrected chi connectivity index (χ0v) is 17.1. The van der Waals surface area contributed by atoms with Crippen LogP contribution in [0.3, 0.4) is 0 Å². The van der Waals surface area contributed by atoms with E-state index in [1.54, 1.807) is 12.1 Å². The molecule has 0 radical (unpaired) electrons. The molecule has 0 aromatic heterocycles. The fourth-order valence-electron chi connectivity index (χ4n) is 2.69. The lowest BCUT2D eigenvalue weighted by molar-refractivity contribution is -0.119. The first kappa shape index (κ1) is 21.5. The van der Waals surface area contributed by atoms with Gasteiger partial charge in [-0.25, -0.2) is 18.4 Å². The first-order valence-corrected chi connectivity index (χ1v) is 10.6. The molecule has 0 aliphatic carbocycles. The van der Waals surface area contributed by atoms with Gasteiger partial charge in [-0.05, 0) is 29.8 Å². The number of ether oxygens (including phenoxy) is 1. The van der Waals surface area contributed by atoms with Gasteiger partial charge in [-0.15, -0.1) is 0 Å². The number of nitrogens with two attached hydrogens (primary N) is 1. The molecule has 0 saturated heterocycles. The van der Waals surface area contributed by atoms with Crippen molar-refractivity contribution in [1.82, 2.24) is 0 Å². The fourth-order valence-corrected chi connectivity index (χ4v) is 3.43. The van der Waals surface area contributed by atoms with E-state index in [1.807, 2.05) is 42.5 Å². The number of amides is 1. The van der Waals surface area contributed by atoms with Gasteiger partial charge in [0.25, 0.3) is 5.91 Å². The summed E-state index contributed by atoms with van der Waals surface area (Å²) >= 11 is 5.94. The Labute approximate surface area is 178 Å². The van der Waals surface area contributed by atoms with Gasteiger partial charge in [-0.2, -0.15) is 0 Å². The van der Waals surface area contributed by atoms with Crippen LogP contribution in [0.2, 0.25) is 5.02 Å². The Morgan fingerprint density at radius 1 is 0.967 bits per heavy atom. The molecule has 1 amide bonds. The quantitative estimate of drug-likeness (QED) is 0.565. The average molecular weight is 445 g/mol. The number of rotatable bonds is 6. The van der Waals surface area contributed by atoms with Gasteiger partial charge in [0.2, 0.25) is 10.0 Å². The largest absolute Gasteiger partial charge is 0.452 e. The smallest absolute Gasteiger partial charge is 0.340 e. The Kier molecular flexibility index (Phi) is 6.51. The summed E-state index contributed by atoms with van der Waals surface area (Å²) < 4.78 is 27.9. The van der Waals surface area contributed by atoms with Gasteiger partial charge < -0.3 is 10.1 Å². The number of benzene rings is 3. The Bertz CT molecular complexity index is 1200. The summed E-state index contributed by atoms with van der Waals surface area (Å²) in [5, 5.41) is 7.73. The fraction of sp³-hybridized carbons (Fsp3) is 0.0476. The van der Waals surface area contributed by atoms with Crippen LogP contribution < -0.4 is 10.5 Å². The summed E-state index contributed by atoms with van der Waals surface area (Å²) in [6.07, 6.45) is 0. The molecule has 0 unspecified atom stereocenters. The van der Waals surface area contributed by atoms with E-state index in [1.165, 1.54) is 12.1 Å². The van der Waals surface area contributed by atoms with E-state index in [9.17, 15) is 18.0 Å². The van der Waals surface area contributed by atoms with E-state index in [0.717, 1.165) is 17.2 Å². The zero-order valence-electron chi connectivity index (χ0n) is 15.5. The van der Waals surface area contributed by atoms with Crippen molar-refractivity contribution in [1.29, 1.82) is 0 Å². The van der Waals surface area contributed by atoms with Crippen LogP contribution in [0.25, 0.3) is 11.1 Å². The number of carbonyl (C=O) groups excluding carboxylic acids is 2. The number of hydrogen-bond donors (Lipinski definition) is 2. The molecule has 0 atom stereocenters. The van der Waals surface area contributed by atoms with E-state index < -0.39 is 28.5 Å². The maximum absolute atomic E-state index is 12.3. The van der Waals surface area contributed by atoms with Crippen molar-refractivity contribution in [2.24, 2.45) is 5.14 Å². The summed E-state index contributed by atoms with van der Waals surface area (Å²) in [6, 6.07) is 20.1. The van der Waals surface area contributed by atoms with Crippen LogP contribution in [0, 0.1) is 0 Å². The van der Waals surface area contributed by atoms with Crippen molar-refractivity contribution in [3.05, 3.63) is 83.4 Å². The van der Waals surface area contributed by atoms with E-state index in [4.69, 9.17) is 21.5 Å². The van der Waals surface area contributed by atoms with Crippen LogP contribution in [0.15, 0.2) is 77.7 Å². The minimum absolute atomic E-state index is 0.0257. The second kappa shape index (κ2) is 9.08. The van der Waals surface area contributed by atoms with E-state index >= 15 is 0 Å². The molecule has 0 spiro atoms. The Morgan fingerprint density at radius 2 is 1.63 bits per heavy atom. The zero-order chi connectivity index (χ0) is 21.7. The van der Waals surface area contributed by atoms with Gasteiger partial charge in [0.15, 0.2) is 6.61 Å². The molecule has 3 aromatic carbocycles. The lowest BCUT2D eigenvalue weighted by Gasteiger charge is -2.12. The Hall–Kier alpha value is -3.20. The van der Waals surface area contributed by atoms with Crippen molar-refractivity contribution in [2.75, 3.05) is 11.9 Å². The molecular weight excluding hydrogens is 428 g/mol. The third kappa shape index (κ3) is 5.24. The number of primary sulfonamides is 1. The number of para-hydroxylation sites is 1. The highest BCUT2D eigenvalue weighted by Crippen LogP contribution is 2.27. The molecule has 0 heterocycles. The minimum Gasteiger partial charge on any atom is -0.452 e. The van der Waals surface area contributed by atoms with Crippen LogP contribution in [0.4, 0.5) is 5.69 Å². The van der Waals surface area contributed by atoms with Gasteiger partial charge in [-0.1, -0.05) is 60.1 Å². The maximum atomic E-state index is 12.3. The Balaban J connectivity index is 1.70. The average Bonchev–Trinajstić information content (AvgIpc) is 2.72. The summed E-state index contributed by atoms with van der Waals surface area (Å²) in [7, 11) is -4.02. The first-order chi connectivity index (χ1) is 14.3. The lowest BCUT2D eigenvalue weighted by Crippen LogP contribution is -2.21. The van der Waals surface area contributed by atoms with Crippen LogP contribution in [-0.4, -0.2) is 26.9 Å². The van der Waals surface area contributed by atoms with E-state index in [0.29, 0.717) is 5.69 Å². The summed E-state index contributed by atoms with van der Waals surface area (Å²) in [6.45, 7) is -0.585. The molecule has 0 fully saturated rings. The van der Waals surface area contributed by atoms with Crippen molar-refractivity contribution >= 4 is 39.2 Å². The van der Waals surface area contributed by atoms with E-state index in [2.05, 4.69) is 5.32 Å². The van der Waals surface area contributed by atoms with Crippen molar-refractivity contribution in [3.63, 3.8) is 0 Å². The molecule has 3 rings (SSSR count). The van der Waals surface area contributed by atoms with Gasteiger partial charge in [0, 0.05) is 11.3 Å². The Morgan fingerprint density at radius 3 is 2.33 bits per heavy atom. The van der Waals surface area contributed by atoms with Gasteiger partial charge in [0.05, 0.1) is 15.5 Å². The number of anilines is 1. The van der Waals surface area contributed by atoms with Gasteiger partial charge in [0.1, 0.15) is 0 Å². The number of sulfonamides is 1. The van der Waals surface area contributed by atoms with Crippen molar-refractivity contribution in [2.45, 2.75) is 4.90 Å². The molecule has 154 valence electrons. The number of hydrogen-bond acceptors (Lipinski definition) is 5. The van der Waals surface area contributed by atoms with Crippen LogP contribution in [0.5, 0.6) is 0 Å². The number of nitrogens with one attached hydrogen (secondary N) is 1. The molecule has 0 aliphatic rings.